The summed E-state index contributed by atoms with van der Waals surface area (Å²) in [4.78, 5) is 10.6. The number of rotatable bonds is 5. The van der Waals surface area contributed by atoms with E-state index in [1.165, 1.54) is 0 Å². The molecule has 0 spiro atoms. The summed E-state index contributed by atoms with van der Waals surface area (Å²) in [5.41, 5.74) is 0. The Morgan fingerprint density at radius 1 is 1.64 bits per heavy atom. The summed E-state index contributed by atoms with van der Waals surface area (Å²) in [7, 11) is 1.69. The summed E-state index contributed by atoms with van der Waals surface area (Å²) in [6.45, 7) is 1.42. The van der Waals surface area contributed by atoms with E-state index < -0.39 is 0 Å². The Kier molecular flexibility index (Phi) is 3.36. The molecule has 1 heterocycles. The largest absolute Gasteiger partial charge is 0.464 e. The molecule has 1 aliphatic heterocycles. The molecule has 64 valence electrons. The second-order valence-corrected chi connectivity index (χ2v) is 2.82. The molecule has 0 aromatic heterocycles. The lowest BCUT2D eigenvalue weighted by Crippen LogP contribution is -2.34. The van der Waals surface area contributed by atoms with Gasteiger partial charge in [0.2, 0.25) is 0 Å². The van der Waals surface area contributed by atoms with Crippen molar-refractivity contribution in [2.24, 2.45) is 5.92 Å². The number of ether oxygens (including phenoxy) is 2. The van der Waals surface area contributed by atoms with Crippen LogP contribution in [0.4, 0.5) is 0 Å². The zero-order valence-corrected chi connectivity index (χ0v) is 6.84. The average molecular weight is 158 g/mol. The van der Waals surface area contributed by atoms with Crippen molar-refractivity contribution in [3.05, 3.63) is 0 Å². The van der Waals surface area contributed by atoms with Crippen LogP contribution in [0.2, 0.25) is 0 Å². The Morgan fingerprint density at radius 3 is 2.91 bits per heavy atom. The van der Waals surface area contributed by atoms with E-state index in [0.717, 1.165) is 25.9 Å². The predicted molar refractivity (Wildman–Crippen MR) is 40.2 cm³/mol. The van der Waals surface area contributed by atoms with Crippen LogP contribution in [0, 0.1) is 5.92 Å². The van der Waals surface area contributed by atoms with E-state index in [2.05, 4.69) is 4.74 Å². The first kappa shape index (κ1) is 8.53. The fraction of sp³-hybridized carbons (Fsp3) is 0.875. The molecule has 1 saturated heterocycles. The first-order valence-electron chi connectivity index (χ1n) is 4.00. The molecule has 0 aliphatic carbocycles. The Morgan fingerprint density at radius 2 is 2.45 bits per heavy atom. The van der Waals surface area contributed by atoms with Gasteiger partial charge >= 0.3 is 5.97 Å². The van der Waals surface area contributed by atoms with Gasteiger partial charge in [-0.1, -0.05) is 6.42 Å². The van der Waals surface area contributed by atoms with E-state index >= 15 is 0 Å². The molecule has 0 aromatic rings. The highest BCUT2D eigenvalue weighted by Gasteiger charge is 2.29. The number of carbonyl (C=O) groups is 1. The maximum Gasteiger partial charge on any atom is 0.312 e. The molecule has 1 unspecified atom stereocenters. The van der Waals surface area contributed by atoms with Gasteiger partial charge in [-0.3, -0.25) is 4.79 Å². The summed E-state index contributed by atoms with van der Waals surface area (Å²) in [6, 6.07) is 0. The zero-order chi connectivity index (χ0) is 8.10. The van der Waals surface area contributed by atoms with Crippen molar-refractivity contribution in [2.45, 2.75) is 19.3 Å². The topological polar surface area (TPSA) is 35.5 Å². The van der Waals surface area contributed by atoms with Gasteiger partial charge in [0.15, 0.2) is 0 Å². The molecule has 3 heteroatoms. The van der Waals surface area contributed by atoms with Crippen molar-refractivity contribution >= 4 is 5.97 Å². The summed E-state index contributed by atoms with van der Waals surface area (Å²) in [5.74, 6) is 0.161. The molecule has 1 fully saturated rings. The Balaban J connectivity index is 1.91. The lowest BCUT2D eigenvalue weighted by Gasteiger charge is -2.23. The molecule has 0 amide bonds. The van der Waals surface area contributed by atoms with Crippen LogP contribution in [0.3, 0.4) is 0 Å². The van der Waals surface area contributed by atoms with Gasteiger partial charge in [-0.2, -0.15) is 0 Å². The summed E-state index contributed by atoms with van der Waals surface area (Å²) in [5, 5.41) is 0. The fourth-order valence-electron chi connectivity index (χ4n) is 1.11. The van der Waals surface area contributed by atoms with Gasteiger partial charge in [-0.05, 0) is 12.8 Å². The van der Waals surface area contributed by atoms with Gasteiger partial charge in [0.1, 0.15) is 6.61 Å². The molecule has 1 atom stereocenters. The van der Waals surface area contributed by atoms with Crippen molar-refractivity contribution in [1.29, 1.82) is 0 Å². The SMILES string of the molecule is COCCCCC1COC1=O. The van der Waals surface area contributed by atoms with Gasteiger partial charge < -0.3 is 9.47 Å². The van der Waals surface area contributed by atoms with Crippen LogP contribution in [0.5, 0.6) is 0 Å². The molecule has 0 N–H and O–H groups in total. The lowest BCUT2D eigenvalue weighted by atomic mass is 10.00. The minimum absolute atomic E-state index is 0.0255. The number of methoxy groups -OCH3 is 1. The van der Waals surface area contributed by atoms with Crippen LogP contribution in [0.1, 0.15) is 19.3 Å². The van der Waals surface area contributed by atoms with Crippen LogP contribution < -0.4 is 0 Å². The van der Waals surface area contributed by atoms with Crippen LogP contribution in [-0.4, -0.2) is 26.3 Å². The smallest absolute Gasteiger partial charge is 0.312 e. The Labute approximate surface area is 66.7 Å². The molecular weight excluding hydrogens is 144 g/mol. The number of hydrogen-bond acceptors (Lipinski definition) is 3. The standard InChI is InChI=1S/C8H14O3/c1-10-5-3-2-4-7-6-11-8(7)9/h7H,2-6H2,1H3. The van der Waals surface area contributed by atoms with E-state index in [-0.39, 0.29) is 11.9 Å². The Bertz CT molecular complexity index is 133. The third kappa shape index (κ3) is 2.50. The first-order valence-corrected chi connectivity index (χ1v) is 4.00. The molecule has 1 aliphatic rings. The molecule has 1 rings (SSSR count). The number of cyclic esters (lactones) is 1. The minimum atomic E-state index is -0.0255. The van der Waals surface area contributed by atoms with Crippen molar-refractivity contribution in [1.82, 2.24) is 0 Å². The zero-order valence-electron chi connectivity index (χ0n) is 6.84. The van der Waals surface area contributed by atoms with E-state index in [9.17, 15) is 4.79 Å². The van der Waals surface area contributed by atoms with E-state index in [1.807, 2.05) is 0 Å². The first-order chi connectivity index (χ1) is 5.34. The summed E-state index contributed by atoms with van der Waals surface area (Å²) >= 11 is 0. The van der Waals surface area contributed by atoms with Crippen molar-refractivity contribution in [2.75, 3.05) is 20.3 Å². The summed E-state index contributed by atoms with van der Waals surface area (Å²) < 4.78 is 9.52. The predicted octanol–water partition coefficient (Wildman–Crippen LogP) is 0.976. The normalized spacial score (nSPS) is 22.6. The third-order valence-electron chi connectivity index (χ3n) is 1.91. The number of hydrogen-bond donors (Lipinski definition) is 0. The molecule has 0 bridgehead atoms. The van der Waals surface area contributed by atoms with E-state index in [1.54, 1.807) is 7.11 Å². The van der Waals surface area contributed by atoms with Gasteiger partial charge in [0, 0.05) is 13.7 Å². The Hall–Kier alpha value is -0.570. The second kappa shape index (κ2) is 4.34. The van der Waals surface area contributed by atoms with Gasteiger partial charge in [-0.15, -0.1) is 0 Å². The quantitative estimate of drug-likeness (QED) is 0.442. The van der Waals surface area contributed by atoms with Crippen LogP contribution >= 0.6 is 0 Å². The van der Waals surface area contributed by atoms with Gasteiger partial charge in [0.25, 0.3) is 0 Å². The van der Waals surface area contributed by atoms with Crippen molar-refractivity contribution in [3.8, 4) is 0 Å². The fourth-order valence-corrected chi connectivity index (χ4v) is 1.11. The lowest BCUT2D eigenvalue weighted by molar-refractivity contribution is -0.169. The number of carbonyl (C=O) groups excluding carboxylic acids is 1. The van der Waals surface area contributed by atoms with Gasteiger partial charge in [0.05, 0.1) is 5.92 Å². The molecule has 0 radical (unpaired) electrons. The minimum Gasteiger partial charge on any atom is -0.464 e. The van der Waals surface area contributed by atoms with Crippen LogP contribution in [0.25, 0.3) is 0 Å². The maximum atomic E-state index is 10.6. The highest BCUT2D eigenvalue weighted by molar-refractivity contribution is 5.77. The second-order valence-electron chi connectivity index (χ2n) is 2.82. The maximum absolute atomic E-state index is 10.6. The molecule has 3 nitrogen and oxygen atoms in total. The van der Waals surface area contributed by atoms with Crippen LogP contribution in [-0.2, 0) is 14.3 Å². The number of unbranched alkanes of at least 4 members (excludes halogenated alkanes) is 1. The van der Waals surface area contributed by atoms with Crippen molar-refractivity contribution < 1.29 is 14.3 Å². The third-order valence-corrected chi connectivity index (χ3v) is 1.91. The number of esters is 1. The monoisotopic (exact) mass is 158 g/mol. The highest BCUT2D eigenvalue weighted by atomic mass is 16.6. The van der Waals surface area contributed by atoms with E-state index in [4.69, 9.17) is 4.74 Å². The van der Waals surface area contributed by atoms with E-state index in [0.29, 0.717) is 6.61 Å². The molecule has 0 saturated carbocycles. The summed E-state index contributed by atoms with van der Waals surface area (Å²) in [6.07, 6.45) is 3.07. The van der Waals surface area contributed by atoms with Crippen LogP contribution in [0.15, 0.2) is 0 Å². The molecule has 11 heavy (non-hydrogen) atoms. The molecule has 0 aromatic carbocycles. The highest BCUT2D eigenvalue weighted by Crippen LogP contribution is 2.18. The van der Waals surface area contributed by atoms with Crippen molar-refractivity contribution in [3.63, 3.8) is 0 Å². The van der Waals surface area contributed by atoms with Gasteiger partial charge in [-0.25, -0.2) is 0 Å². The molecular formula is C8H14O3. The average Bonchev–Trinajstić information content (AvgIpc) is 2.02.